The maximum Gasteiger partial charge on any atom is 0.573 e. The zero-order valence-corrected chi connectivity index (χ0v) is 10.9. The first kappa shape index (κ1) is 14.9. The number of hydrogen-bond acceptors (Lipinski definition) is 6. The Morgan fingerprint density at radius 1 is 1.19 bits per heavy atom. The van der Waals surface area contributed by atoms with Crippen molar-refractivity contribution in [3.8, 4) is 5.75 Å². The Morgan fingerprint density at radius 3 is 2.57 bits per heavy atom. The van der Waals surface area contributed by atoms with Crippen LogP contribution in [0.4, 0.5) is 30.5 Å². The fourth-order valence-corrected chi connectivity index (χ4v) is 1.63. The third-order valence-corrected chi connectivity index (χ3v) is 2.55. The molecule has 112 valence electrons. The van der Waals surface area contributed by atoms with E-state index in [1.54, 1.807) is 13.0 Å². The molecule has 0 aliphatic rings. The van der Waals surface area contributed by atoms with Crippen molar-refractivity contribution >= 4 is 17.3 Å². The van der Waals surface area contributed by atoms with Gasteiger partial charge in [-0.3, -0.25) is 0 Å². The van der Waals surface area contributed by atoms with Crippen LogP contribution in [0.5, 0.6) is 5.75 Å². The van der Waals surface area contributed by atoms with Crippen LogP contribution >= 0.6 is 0 Å². The van der Waals surface area contributed by atoms with E-state index in [0.29, 0.717) is 22.9 Å². The second-order valence-electron chi connectivity index (χ2n) is 4.04. The van der Waals surface area contributed by atoms with Gasteiger partial charge in [-0.2, -0.15) is 0 Å². The molecule has 21 heavy (non-hydrogen) atoms. The second-order valence-corrected chi connectivity index (χ2v) is 4.04. The Labute approximate surface area is 118 Å². The molecule has 0 saturated heterocycles. The molecule has 0 bridgehead atoms. The quantitative estimate of drug-likeness (QED) is 0.594. The van der Waals surface area contributed by atoms with Crippen molar-refractivity contribution in [1.82, 2.24) is 9.97 Å². The molecule has 0 saturated carbocycles. The van der Waals surface area contributed by atoms with E-state index in [-0.39, 0.29) is 5.75 Å². The third kappa shape index (κ3) is 3.96. The lowest BCUT2D eigenvalue weighted by Crippen LogP contribution is -2.17. The lowest BCUT2D eigenvalue weighted by molar-refractivity contribution is -0.274. The van der Waals surface area contributed by atoms with Crippen LogP contribution < -0.4 is 21.3 Å². The van der Waals surface area contributed by atoms with Gasteiger partial charge in [-0.15, -0.1) is 13.2 Å². The summed E-state index contributed by atoms with van der Waals surface area (Å²) in [5, 5.41) is 2.88. The van der Waals surface area contributed by atoms with Crippen LogP contribution in [0.3, 0.4) is 0 Å². The third-order valence-electron chi connectivity index (χ3n) is 2.55. The number of hydrazine groups is 1. The van der Waals surface area contributed by atoms with E-state index in [2.05, 4.69) is 25.4 Å². The zero-order valence-electron chi connectivity index (χ0n) is 10.9. The number of anilines is 3. The molecule has 4 N–H and O–H groups in total. The van der Waals surface area contributed by atoms with Crippen molar-refractivity contribution in [2.75, 3.05) is 10.7 Å². The average Bonchev–Trinajstić information content (AvgIpc) is 2.40. The summed E-state index contributed by atoms with van der Waals surface area (Å²) in [6.45, 7) is 1.72. The van der Waals surface area contributed by atoms with Crippen LogP contribution in [-0.4, -0.2) is 16.3 Å². The molecule has 0 spiro atoms. The van der Waals surface area contributed by atoms with Crippen molar-refractivity contribution in [3.05, 3.63) is 36.2 Å². The number of halogens is 3. The summed E-state index contributed by atoms with van der Waals surface area (Å²) >= 11 is 0. The SMILES string of the molecule is Cc1c(NN)ncnc1Nc1cccc(OC(F)(F)F)c1. The second kappa shape index (κ2) is 5.83. The van der Waals surface area contributed by atoms with Gasteiger partial charge >= 0.3 is 6.36 Å². The molecule has 0 atom stereocenters. The number of benzene rings is 1. The molecule has 0 aliphatic heterocycles. The van der Waals surface area contributed by atoms with E-state index in [9.17, 15) is 13.2 Å². The van der Waals surface area contributed by atoms with Gasteiger partial charge in [-0.05, 0) is 19.1 Å². The van der Waals surface area contributed by atoms with Gasteiger partial charge in [0, 0.05) is 17.3 Å². The molecule has 2 rings (SSSR count). The summed E-state index contributed by atoms with van der Waals surface area (Å²) in [6, 6.07) is 5.44. The van der Waals surface area contributed by atoms with Crippen LogP contribution in [0.25, 0.3) is 0 Å². The Kier molecular flexibility index (Phi) is 4.13. The maximum atomic E-state index is 12.2. The highest BCUT2D eigenvalue weighted by Crippen LogP contribution is 2.27. The molecule has 2 aromatic rings. The molecule has 0 unspecified atom stereocenters. The van der Waals surface area contributed by atoms with Crippen LogP contribution in [0.15, 0.2) is 30.6 Å². The molecular weight excluding hydrogens is 287 g/mol. The summed E-state index contributed by atoms with van der Waals surface area (Å²) in [4.78, 5) is 7.91. The van der Waals surface area contributed by atoms with Crippen molar-refractivity contribution in [1.29, 1.82) is 0 Å². The van der Waals surface area contributed by atoms with E-state index < -0.39 is 6.36 Å². The Balaban J connectivity index is 2.22. The van der Waals surface area contributed by atoms with E-state index >= 15 is 0 Å². The minimum Gasteiger partial charge on any atom is -0.406 e. The number of ether oxygens (including phenoxy) is 1. The van der Waals surface area contributed by atoms with Gasteiger partial charge in [0.25, 0.3) is 0 Å². The van der Waals surface area contributed by atoms with Crippen LogP contribution in [0.1, 0.15) is 5.56 Å². The monoisotopic (exact) mass is 299 g/mol. The normalized spacial score (nSPS) is 11.1. The smallest absolute Gasteiger partial charge is 0.406 e. The van der Waals surface area contributed by atoms with Gasteiger partial charge in [0.2, 0.25) is 0 Å². The summed E-state index contributed by atoms with van der Waals surface area (Å²) < 4.78 is 40.4. The van der Waals surface area contributed by atoms with Crippen LogP contribution in [-0.2, 0) is 0 Å². The van der Waals surface area contributed by atoms with Gasteiger partial charge in [-0.1, -0.05) is 6.07 Å². The van der Waals surface area contributed by atoms with Gasteiger partial charge in [0.1, 0.15) is 23.7 Å². The van der Waals surface area contributed by atoms with Crippen LogP contribution in [0, 0.1) is 6.92 Å². The predicted octanol–water partition coefficient (Wildman–Crippen LogP) is 2.71. The fraction of sp³-hybridized carbons (Fsp3) is 0.167. The molecule has 0 fully saturated rings. The highest BCUT2D eigenvalue weighted by atomic mass is 19.4. The molecule has 6 nitrogen and oxygen atoms in total. The molecule has 1 heterocycles. The van der Waals surface area contributed by atoms with Crippen LogP contribution in [0.2, 0.25) is 0 Å². The van der Waals surface area contributed by atoms with E-state index in [1.165, 1.54) is 24.5 Å². The van der Waals surface area contributed by atoms with E-state index in [4.69, 9.17) is 5.84 Å². The largest absolute Gasteiger partial charge is 0.573 e. The van der Waals surface area contributed by atoms with Crippen molar-refractivity contribution in [2.24, 2.45) is 5.84 Å². The topological polar surface area (TPSA) is 85.1 Å². The molecular formula is C12H12F3N5O. The zero-order chi connectivity index (χ0) is 15.5. The Morgan fingerprint density at radius 2 is 1.90 bits per heavy atom. The van der Waals surface area contributed by atoms with Gasteiger partial charge < -0.3 is 15.5 Å². The standard InChI is InChI=1S/C12H12F3N5O/c1-7-10(17-6-18-11(7)20-16)19-8-3-2-4-9(5-8)21-12(13,14)15/h2-6H,16H2,1H3,(H2,17,18,19,20). The van der Waals surface area contributed by atoms with Gasteiger partial charge in [0.15, 0.2) is 0 Å². The average molecular weight is 299 g/mol. The lowest BCUT2D eigenvalue weighted by Gasteiger charge is -2.13. The summed E-state index contributed by atoms with van der Waals surface area (Å²) in [5.41, 5.74) is 3.42. The van der Waals surface area contributed by atoms with E-state index in [0.717, 1.165) is 0 Å². The summed E-state index contributed by atoms with van der Waals surface area (Å²) in [5.74, 6) is 5.80. The van der Waals surface area contributed by atoms with Gasteiger partial charge in [-0.25, -0.2) is 15.8 Å². The molecule has 0 radical (unpaired) electrons. The highest BCUT2D eigenvalue weighted by molar-refractivity contribution is 5.64. The maximum absolute atomic E-state index is 12.2. The number of nitrogens with zero attached hydrogens (tertiary/aromatic N) is 2. The summed E-state index contributed by atoms with van der Waals surface area (Å²) in [7, 11) is 0. The number of rotatable bonds is 4. The number of nitrogen functional groups attached to an aromatic ring is 1. The highest BCUT2D eigenvalue weighted by Gasteiger charge is 2.31. The first-order valence-electron chi connectivity index (χ1n) is 5.80. The number of alkyl halides is 3. The van der Waals surface area contributed by atoms with Crippen molar-refractivity contribution < 1.29 is 17.9 Å². The first-order valence-corrected chi connectivity index (χ1v) is 5.80. The van der Waals surface area contributed by atoms with Crippen molar-refractivity contribution in [2.45, 2.75) is 13.3 Å². The summed E-state index contributed by atoms with van der Waals surface area (Å²) in [6.07, 6.45) is -3.46. The number of nitrogens with two attached hydrogens (primary N) is 1. The van der Waals surface area contributed by atoms with Crippen molar-refractivity contribution in [3.63, 3.8) is 0 Å². The molecule has 1 aromatic heterocycles. The Hall–Kier alpha value is -2.55. The number of nitrogens with one attached hydrogen (secondary N) is 2. The first-order chi connectivity index (χ1) is 9.89. The molecule has 0 aliphatic carbocycles. The number of aromatic nitrogens is 2. The minimum atomic E-state index is -4.74. The lowest BCUT2D eigenvalue weighted by atomic mass is 10.2. The number of hydrogen-bond donors (Lipinski definition) is 3. The van der Waals surface area contributed by atoms with E-state index in [1.807, 2.05) is 0 Å². The molecule has 9 heteroatoms. The predicted molar refractivity (Wildman–Crippen MR) is 71.0 cm³/mol. The van der Waals surface area contributed by atoms with Gasteiger partial charge in [0.05, 0.1) is 0 Å². The minimum absolute atomic E-state index is 0.323. The molecule has 0 amide bonds. The Bertz CT molecular complexity index is 633. The molecule has 1 aromatic carbocycles. The fourth-order valence-electron chi connectivity index (χ4n) is 1.63.